The number of allylic oxidation sites excluding steroid dienone is 1. The molecule has 404 valence electrons. The third kappa shape index (κ3) is 9.35. The van der Waals surface area contributed by atoms with Crippen LogP contribution in [0.15, 0.2) is 283 Å². The van der Waals surface area contributed by atoms with Crippen LogP contribution in [0.4, 0.5) is 0 Å². The molecule has 0 fully saturated rings. The largest absolute Gasteiger partial charge is 0.309 e. The van der Waals surface area contributed by atoms with Gasteiger partial charge in [0, 0.05) is 28.2 Å². The SMILES string of the molecule is CC1C/C=C(\c2ccc(-c3ccccc3)cc2)N=C(C2Cc3ccccc3-c3cc(-n4c5ccccc5c5ccccc54)c4c(c3C2C)CCC(Cc2ccc(-c3ccccc3)cc2)c2ccccc2-4)N=C1c1cccc(-c2ccccc2)c1. The van der Waals surface area contributed by atoms with Gasteiger partial charge >= 0.3 is 0 Å². The van der Waals surface area contributed by atoms with Gasteiger partial charge in [0.15, 0.2) is 0 Å². The number of benzene rings is 11. The van der Waals surface area contributed by atoms with Crippen molar-refractivity contribution in [3.63, 3.8) is 0 Å². The van der Waals surface area contributed by atoms with Crippen LogP contribution in [0, 0.1) is 11.8 Å². The molecule has 12 aromatic rings. The molecule has 1 aliphatic heterocycles. The number of amidine groups is 1. The Morgan fingerprint density at radius 2 is 0.988 bits per heavy atom. The quantitative estimate of drug-likeness (QED) is 0.138. The monoisotopic (exact) mass is 1080 g/mol. The van der Waals surface area contributed by atoms with Gasteiger partial charge in [0.1, 0.15) is 5.84 Å². The second-order valence-electron chi connectivity index (χ2n) is 23.5. The Bertz CT molecular complexity index is 4470. The van der Waals surface area contributed by atoms with E-state index in [1.165, 1.54) is 111 Å². The predicted octanol–water partition coefficient (Wildman–Crippen LogP) is 20.6. The molecule has 0 bridgehead atoms. The molecule has 15 rings (SSSR count). The van der Waals surface area contributed by atoms with Crippen LogP contribution in [0.1, 0.15) is 77.5 Å². The molecular formula is C81H65N3. The van der Waals surface area contributed by atoms with Crippen molar-refractivity contribution in [1.82, 2.24) is 4.57 Å². The Labute approximate surface area is 493 Å². The number of hydrogen-bond acceptors (Lipinski definition) is 2. The van der Waals surface area contributed by atoms with Gasteiger partial charge in [-0.1, -0.05) is 263 Å². The lowest BCUT2D eigenvalue weighted by Gasteiger charge is -2.30. The molecule has 3 heteroatoms. The summed E-state index contributed by atoms with van der Waals surface area (Å²) in [5, 5.41) is 2.53. The van der Waals surface area contributed by atoms with E-state index in [4.69, 9.17) is 9.98 Å². The molecule has 0 spiro atoms. The van der Waals surface area contributed by atoms with E-state index >= 15 is 0 Å². The lowest BCUT2D eigenvalue weighted by molar-refractivity contribution is 0.564. The summed E-state index contributed by atoms with van der Waals surface area (Å²) in [5.41, 5.74) is 27.5. The van der Waals surface area contributed by atoms with Crippen LogP contribution in [0.5, 0.6) is 0 Å². The lowest BCUT2D eigenvalue weighted by Crippen LogP contribution is -2.26. The van der Waals surface area contributed by atoms with E-state index in [2.05, 4.69) is 291 Å². The fourth-order valence-electron chi connectivity index (χ4n) is 14.3. The second-order valence-corrected chi connectivity index (χ2v) is 23.5. The maximum atomic E-state index is 6.02. The van der Waals surface area contributed by atoms with Crippen molar-refractivity contribution in [2.24, 2.45) is 21.8 Å². The zero-order chi connectivity index (χ0) is 56.1. The van der Waals surface area contributed by atoms with Gasteiger partial charge in [-0.3, -0.25) is 0 Å². The zero-order valence-corrected chi connectivity index (χ0v) is 47.7. The first-order chi connectivity index (χ1) is 41.5. The normalized spacial score (nSPS) is 18.1. The van der Waals surface area contributed by atoms with Gasteiger partial charge in [-0.25, -0.2) is 9.98 Å². The van der Waals surface area contributed by atoms with E-state index in [9.17, 15) is 0 Å². The molecule has 2 aliphatic carbocycles. The number of rotatable bonds is 9. The van der Waals surface area contributed by atoms with Crippen LogP contribution in [-0.4, -0.2) is 16.1 Å². The Hall–Kier alpha value is -9.70. The third-order valence-electron chi connectivity index (χ3n) is 18.5. The molecule has 4 atom stereocenters. The van der Waals surface area contributed by atoms with Crippen molar-refractivity contribution in [3.8, 4) is 61.3 Å². The molecule has 2 heterocycles. The maximum absolute atomic E-state index is 6.02. The summed E-state index contributed by atoms with van der Waals surface area (Å²) in [6.45, 7) is 4.86. The highest BCUT2D eigenvalue weighted by Crippen LogP contribution is 2.53. The van der Waals surface area contributed by atoms with Crippen molar-refractivity contribution in [2.45, 2.75) is 57.8 Å². The van der Waals surface area contributed by atoms with E-state index < -0.39 is 0 Å². The Kier molecular flexibility index (Phi) is 13.3. The van der Waals surface area contributed by atoms with Gasteiger partial charge in [-0.05, 0) is 157 Å². The second kappa shape index (κ2) is 21.9. The van der Waals surface area contributed by atoms with Crippen molar-refractivity contribution in [2.75, 3.05) is 0 Å². The fourth-order valence-corrected chi connectivity index (χ4v) is 14.3. The summed E-state index contributed by atoms with van der Waals surface area (Å²) in [5.74, 6) is 1.25. The number of hydrogen-bond donors (Lipinski definition) is 0. The molecule has 0 saturated carbocycles. The first-order valence-electron chi connectivity index (χ1n) is 30.2. The lowest BCUT2D eigenvalue weighted by atomic mass is 9.78. The highest BCUT2D eigenvalue weighted by molar-refractivity contribution is 6.12. The van der Waals surface area contributed by atoms with E-state index in [-0.39, 0.29) is 17.8 Å². The summed E-state index contributed by atoms with van der Waals surface area (Å²) in [6, 6.07) is 98.9. The van der Waals surface area contributed by atoms with Crippen molar-refractivity contribution in [1.29, 1.82) is 0 Å². The highest BCUT2D eigenvalue weighted by Gasteiger charge is 2.38. The molecule has 11 aromatic carbocycles. The average Bonchev–Trinajstić information content (AvgIpc) is 1.85. The van der Waals surface area contributed by atoms with Gasteiger partial charge in [-0.15, -0.1) is 0 Å². The maximum Gasteiger partial charge on any atom is 0.133 e. The van der Waals surface area contributed by atoms with Crippen LogP contribution < -0.4 is 0 Å². The highest BCUT2D eigenvalue weighted by atomic mass is 15.0. The van der Waals surface area contributed by atoms with Crippen LogP contribution in [-0.2, 0) is 19.3 Å². The standard InChI is InChI=1S/C81H65N3/c1-53-37-48-74(61-44-42-60(43-45-61)57-23-8-4-9-24-57)82-81(83-80(53)65-29-20-28-62(50-65)58-25-10-5-11-26-58)72-51-63-27-12-13-31-67(63)73-52-77(84-75-35-18-16-32-68(75)69-33-17-19-36-76(69)84)79-70-34-15-14-30-66(70)64(46-47-71(79)78(73)54(72)2)49-55-38-40-59(41-39-55)56-21-6-3-7-22-56/h3-36,38-45,48,50,52-54,64,72H,37,46-47,49,51H2,1-2H3/b74-48+,82-81?,83-80?. The minimum absolute atomic E-state index is 0.0263. The first-order valence-corrected chi connectivity index (χ1v) is 30.2. The molecule has 0 radical (unpaired) electrons. The minimum atomic E-state index is -0.0717. The Balaban J connectivity index is 0.944. The van der Waals surface area contributed by atoms with E-state index in [0.29, 0.717) is 5.92 Å². The topological polar surface area (TPSA) is 29.6 Å². The molecule has 3 aliphatic rings. The van der Waals surface area contributed by atoms with Crippen LogP contribution in [0.3, 0.4) is 0 Å². The molecular weight excluding hydrogens is 1010 g/mol. The average molecular weight is 1080 g/mol. The molecule has 1 aromatic heterocycles. The summed E-state index contributed by atoms with van der Waals surface area (Å²) in [4.78, 5) is 11.9. The fraction of sp³-hybridized carbons (Fsp3) is 0.136. The zero-order valence-electron chi connectivity index (χ0n) is 47.7. The van der Waals surface area contributed by atoms with Crippen molar-refractivity contribution >= 4 is 39.1 Å². The van der Waals surface area contributed by atoms with Gasteiger partial charge in [0.05, 0.1) is 28.1 Å². The first kappa shape index (κ1) is 51.2. The molecule has 0 N–H and O–H groups in total. The van der Waals surface area contributed by atoms with E-state index in [1.54, 1.807) is 0 Å². The van der Waals surface area contributed by atoms with Crippen LogP contribution in [0.25, 0.3) is 88.8 Å². The number of fused-ring (bicyclic) bond motifs is 10. The number of nitrogens with zero attached hydrogens (tertiary/aromatic N) is 3. The summed E-state index contributed by atoms with van der Waals surface area (Å²) >= 11 is 0. The smallest absolute Gasteiger partial charge is 0.133 e. The molecule has 0 amide bonds. The number of aromatic nitrogens is 1. The predicted molar refractivity (Wildman–Crippen MR) is 353 cm³/mol. The molecule has 4 unspecified atom stereocenters. The van der Waals surface area contributed by atoms with Gasteiger partial charge in [0.25, 0.3) is 0 Å². The van der Waals surface area contributed by atoms with E-state index in [0.717, 1.165) is 60.5 Å². The van der Waals surface area contributed by atoms with Crippen molar-refractivity contribution in [3.05, 3.63) is 312 Å². The van der Waals surface area contributed by atoms with Crippen molar-refractivity contribution < 1.29 is 0 Å². The van der Waals surface area contributed by atoms with Gasteiger partial charge in [-0.2, -0.15) is 0 Å². The Morgan fingerprint density at radius 3 is 1.67 bits per heavy atom. The van der Waals surface area contributed by atoms with E-state index in [1.807, 2.05) is 0 Å². The third-order valence-corrected chi connectivity index (χ3v) is 18.5. The molecule has 0 saturated heterocycles. The summed E-state index contributed by atoms with van der Waals surface area (Å²) in [6.07, 6.45) is 6.87. The van der Waals surface area contributed by atoms with Crippen LogP contribution in [0.2, 0.25) is 0 Å². The Morgan fingerprint density at radius 1 is 0.452 bits per heavy atom. The molecule has 3 nitrogen and oxygen atoms in total. The number of aliphatic imine (C=N–C) groups is 2. The minimum Gasteiger partial charge on any atom is -0.309 e. The van der Waals surface area contributed by atoms with Crippen LogP contribution >= 0.6 is 0 Å². The summed E-state index contributed by atoms with van der Waals surface area (Å²) < 4.78 is 2.60. The molecule has 84 heavy (non-hydrogen) atoms. The number of para-hydroxylation sites is 2. The van der Waals surface area contributed by atoms with Gasteiger partial charge < -0.3 is 4.57 Å². The summed E-state index contributed by atoms with van der Waals surface area (Å²) in [7, 11) is 0. The van der Waals surface area contributed by atoms with Gasteiger partial charge in [0.2, 0.25) is 0 Å².